The summed E-state index contributed by atoms with van der Waals surface area (Å²) in [4.78, 5) is 11.3. The zero-order valence-electron chi connectivity index (χ0n) is 7.74. The molecule has 14 heavy (non-hydrogen) atoms. The lowest BCUT2D eigenvalue weighted by Gasteiger charge is -2.02. The highest BCUT2D eigenvalue weighted by Gasteiger charge is 2.22. The maximum Gasteiger partial charge on any atom is 0.222 e. The molecule has 1 aromatic heterocycles. The molecular weight excluding hydrogens is 202 g/mol. The maximum atomic E-state index is 11.3. The first-order valence-electron chi connectivity index (χ1n) is 4.71. The van der Waals surface area contributed by atoms with Crippen molar-refractivity contribution in [3.63, 3.8) is 0 Å². The standard InChI is InChI=1S/C9H12ClN3O/c10-7-5-11-13(6-7)4-3-9(14)12-8-1-2-8/h5-6,8H,1-4H2,(H,12,14). The van der Waals surface area contributed by atoms with Crippen LogP contribution in [0.25, 0.3) is 0 Å². The Bertz CT molecular complexity index is 333. The molecule has 1 N–H and O–H groups in total. The van der Waals surface area contributed by atoms with Gasteiger partial charge in [0.05, 0.1) is 11.2 Å². The van der Waals surface area contributed by atoms with Crippen LogP contribution in [0.15, 0.2) is 12.4 Å². The molecule has 4 nitrogen and oxygen atoms in total. The first-order chi connectivity index (χ1) is 6.74. The summed E-state index contributed by atoms with van der Waals surface area (Å²) >= 11 is 5.69. The Labute approximate surface area is 87.2 Å². The van der Waals surface area contributed by atoms with Gasteiger partial charge in [0.1, 0.15) is 0 Å². The van der Waals surface area contributed by atoms with Gasteiger partial charge in [0.2, 0.25) is 5.91 Å². The van der Waals surface area contributed by atoms with Crippen LogP contribution in [0.5, 0.6) is 0 Å². The molecule has 0 aliphatic heterocycles. The van der Waals surface area contributed by atoms with E-state index >= 15 is 0 Å². The highest BCUT2D eigenvalue weighted by molar-refractivity contribution is 6.30. The first-order valence-corrected chi connectivity index (χ1v) is 5.09. The molecule has 5 heteroatoms. The lowest BCUT2D eigenvalue weighted by molar-refractivity contribution is -0.121. The molecule has 0 aromatic carbocycles. The van der Waals surface area contributed by atoms with Crippen LogP contribution in [-0.2, 0) is 11.3 Å². The van der Waals surface area contributed by atoms with Crippen LogP contribution in [-0.4, -0.2) is 21.7 Å². The molecule has 1 aliphatic rings. The minimum atomic E-state index is 0.0964. The molecule has 0 radical (unpaired) electrons. The van der Waals surface area contributed by atoms with Crippen LogP contribution in [0.4, 0.5) is 0 Å². The zero-order chi connectivity index (χ0) is 9.97. The van der Waals surface area contributed by atoms with Gasteiger partial charge >= 0.3 is 0 Å². The van der Waals surface area contributed by atoms with Crippen molar-refractivity contribution in [2.24, 2.45) is 0 Å². The summed E-state index contributed by atoms with van der Waals surface area (Å²) in [6.07, 6.45) is 6.00. The van der Waals surface area contributed by atoms with Crippen molar-refractivity contribution in [1.82, 2.24) is 15.1 Å². The van der Waals surface area contributed by atoms with Gasteiger partial charge in [0, 0.05) is 25.2 Å². The third kappa shape index (κ3) is 2.73. The minimum absolute atomic E-state index is 0.0964. The van der Waals surface area contributed by atoms with Gasteiger partial charge in [0.15, 0.2) is 0 Å². The van der Waals surface area contributed by atoms with Gasteiger partial charge in [-0.15, -0.1) is 0 Å². The topological polar surface area (TPSA) is 46.9 Å². The molecule has 0 atom stereocenters. The average molecular weight is 214 g/mol. The molecule has 1 aromatic rings. The van der Waals surface area contributed by atoms with E-state index in [0.717, 1.165) is 12.8 Å². The fourth-order valence-electron chi connectivity index (χ4n) is 1.20. The van der Waals surface area contributed by atoms with Crippen molar-refractivity contribution in [2.45, 2.75) is 31.8 Å². The van der Waals surface area contributed by atoms with Crippen molar-refractivity contribution >= 4 is 17.5 Å². The number of carbonyl (C=O) groups excluding carboxylic acids is 1. The van der Waals surface area contributed by atoms with Gasteiger partial charge in [0.25, 0.3) is 0 Å². The predicted octanol–water partition coefficient (Wildman–Crippen LogP) is 1.21. The van der Waals surface area contributed by atoms with E-state index in [1.807, 2.05) is 0 Å². The molecule has 0 bridgehead atoms. The Kier molecular flexibility index (Phi) is 2.72. The second kappa shape index (κ2) is 4.00. The highest BCUT2D eigenvalue weighted by atomic mass is 35.5. The van der Waals surface area contributed by atoms with E-state index in [4.69, 9.17) is 11.6 Å². The number of hydrogen-bond donors (Lipinski definition) is 1. The molecular formula is C9H12ClN3O. The molecule has 2 rings (SSSR count). The van der Waals surface area contributed by atoms with E-state index in [-0.39, 0.29) is 5.91 Å². The fourth-order valence-corrected chi connectivity index (χ4v) is 1.36. The third-order valence-corrected chi connectivity index (χ3v) is 2.31. The lowest BCUT2D eigenvalue weighted by atomic mass is 10.4. The van der Waals surface area contributed by atoms with Crippen LogP contribution in [0.2, 0.25) is 5.02 Å². The predicted molar refractivity (Wildman–Crippen MR) is 53.0 cm³/mol. The van der Waals surface area contributed by atoms with Crippen LogP contribution >= 0.6 is 11.6 Å². The van der Waals surface area contributed by atoms with E-state index in [0.29, 0.717) is 24.0 Å². The van der Waals surface area contributed by atoms with E-state index in [9.17, 15) is 4.79 Å². The van der Waals surface area contributed by atoms with Crippen LogP contribution < -0.4 is 5.32 Å². The van der Waals surface area contributed by atoms with Crippen molar-refractivity contribution in [3.05, 3.63) is 17.4 Å². The summed E-state index contributed by atoms with van der Waals surface area (Å²) < 4.78 is 1.68. The molecule has 0 unspecified atom stereocenters. The number of aromatic nitrogens is 2. The highest BCUT2D eigenvalue weighted by Crippen LogP contribution is 2.18. The molecule has 1 fully saturated rings. The number of carbonyl (C=O) groups is 1. The summed E-state index contributed by atoms with van der Waals surface area (Å²) in [6, 6.07) is 0.434. The Morgan fingerprint density at radius 2 is 2.50 bits per heavy atom. The summed E-state index contributed by atoms with van der Waals surface area (Å²) in [5.41, 5.74) is 0. The lowest BCUT2D eigenvalue weighted by Crippen LogP contribution is -2.26. The first kappa shape index (κ1) is 9.52. The summed E-state index contributed by atoms with van der Waals surface area (Å²) in [5, 5.41) is 7.51. The number of rotatable bonds is 4. The summed E-state index contributed by atoms with van der Waals surface area (Å²) in [5.74, 6) is 0.0964. The van der Waals surface area contributed by atoms with Gasteiger partial charge < -0.3 is 5.32 Å². The Balaban J connectivity index is 1.73. The van der Waals surface area contributed by atoms with Gasteiger partial charge in [-0.2, -0.15) is 5.10 Å². The zero-order valence-corrected chi connectivity index (χ0v) is 8.50. The average Bonchev–Trinajstić information content (AvgIpc) is 2.85. The molecule has 76 valence electrons. The smallest absolute Gasteiger partial charge is 0.222 e. The Hall–Kier alpha value is -1.03. The second-order valence-electron chi connectivity index (χ2n) is 3.51. The number of hydrogen-bond acceptors (Lipinski definition) is 2. The van der Waals surface area contributed by atoms with Crippen molar-refractivity contribution in [2.75, 3.05) is 0 Å². The molecule has 0 spiro atoms. The quantitative estimate of drug-likeness (QED) is 0.817. The van der Waals surface area contributed by atoms with Crippen LogP contribution in [0, 0.1) is 0 Å². The largest absolute Gasteiger partial charge is 0.353 e. The maximum absolute atomic E-state index is 11.3. The van der Waals surface area contributed by atoms with Gasteiger partial charge in [-0.3, -0.25) is 9.48 Å². The third-order valence-electron chi connectivity index (χ3n) is 2.11. The van der Waals surface area contributed by atoms with E-state index in [1.54, 1.807) is 17.1 Å². The number of aryl methyl sites for hydroxylation is 1. The molecule has 1 amide bonds. The van der Waals surface area contributed by atoms with Crippen LogP contribution in [0.1, 0.15) is 19.3 Å². The molecule has 1 aliphatic carbocycles. The minimum Gasteiger partial charge on any atom is -0.353 e. The summed E-state index contributed by atoms with van der Waals surface area (Å²) in [6.45, 7) is 0.589. The van der Waals surface area contributed by atoms with E-state index in [2.05, 4.69) is 10.4 Å². The fraction of sp³-hybridized carbons (Fsp3) is 0.556. The SMILES string of the molecule is O=C(CCn1cc(Cl)cn1)NC1CC1. The summed E-state index contributed by atoms with van der Waals surface area (Å²) in [7, 11) is 0. The van der Waals surface area contributed by atoms with E-state index < -0.39 is 0 Å². The van der Waals surface area contributed by atoms with Gasteiger partial charge in [-0.1, -0.05) is 11.6 Å². The number of nitrogens with zero attached hydrogens (tertiary/aromatic N) is 2. The Morgan fingerprint density at radius 1 is 1.71 bits per heavy atom. The van der Waals surface area contributed by atoms with Crippen molar-refractivity contribution < 1.29 is 4.79 Å². The number of nitrogens with one attached hydrogen (secondary N) is 1. The van der Waals surface area contributed by atoms with Gasteiger partial charge in [-0.05, 0) is 12.8 Å². The monoisotopic (exact) mass is 213 g/mol. The molecule has 0 saturated heterocycles. The normalized spacial score (nSPS) is 15.5. The van der Waals surface area contributed by atoms with Gasteiger partial charge in [-0.25, -0.2) is 0 Å². The van der Waals surface area contributed by atoms with Crippen molar-refractivity contribution in [3.8, 4) is 0 Å². The van der Waals surface area contributed by atoms with Crippen LogP contribution in [0.3, 0.4) is 0 Å². The second-order valence-corrected chi connectivity index (χ2v) is 3.95. The molecule has 1 saturated carbocycles. The van der Waals surface area contributed by atoms with Crippen molar-refractivity contribution in [1.29, 1.82) is 0 Å². The number of halogens is 1. The number of amides is 1. The Morgan fingerprint density at radius 3 is 3.07 bits per heavy atom. The molecule has 1 heterocycles. The van der Waals surface area contributed by atoms with E-state index in [1.165, 1.54) is 0 Å².